The molecule has 7 nitrogen and oxygen atoms in total. The summed E-state index contributed by atoms with van der Waals surface area (Å²) in [5.74, 6) is 6.63. The van der Waals surface area contributed by atoms with Gasteiger partial charge in [0.25, 0.3) is 0 Å². The van der Waals surface area contributed by atoms with Crippen molar-refractivity contribution in [3.05, 3.63) is 95.6 Å². The van der Waals surface area contributed by atoms with E-state index in [0.717, 1.165) is 28.1 Å². The van der Waals surface area contributed by atoms with Gasteiger partial charge in [-0.05, 0) is 41.3 Å². The molecule has 2 fully saturated rings. The lowest BCUT2D eigenvalue weighted by Crippen LogP contribution is -2.60. The molecule has 3 atom stereocenters. The Labute approximate surface area is 222 Å². The lowest BCUT2D eigenvalue weighted by molar-refractivity contribution is -0.154. The van der Waals surface area contributed by atoms with Crippen LogP contribution in [0.3, 0.4) is 0 Å². The Morgan fingerprint density at radius 3 is 2.53 bits per heavy atom. The maximum absolute atomic E-state index is 13.7. The molecule has 2 amide bonds. The highest BCUT2D eigenvalue weighted by Gasteiger charge is 2.63. The molecular weight excluding hydrogens is 478 g/mol. The second-order valence-electron chi connectivity index (χ2n) is 9.84. The predicted octanol–water partition coefficient (Wildman–Crippen LogP) is 3.40. The van der Waals surface area contributed by atoms with Gasteiger partial charge in [-0.25, -0.2) is 0 Å². The average molecular weight is 508 g/mol. The third-order valence-corrected chi connectivity index (χ3v) is 7.79. The zero-order valence-corrected chi connectivity index (χ0v) is 21.2. The number of carbonyl (C=O) groups is 2. The van der Waals surface area contributed by atoms with E-state index < -0.39 is 11.5 Å². The van der Waals surface area contributed by atoms with Crippen LogP contribution in [0, 0.1) is 11.8 Å². The fourth-order valence-electron chi connectivity index (χ4n) is 6.04. The Kier molecular flexibility index (Phi) is 6.26. The number of nitrogens with one attached hydrogen (secondary N) is 1. The predicted molar refractivity (Wildman–Crippen MR) is 143 cm³/mol. The zero-order chi connectivity index (χ0) is 26.1. The van der Waals surface area contributed by atoms with Crippen molar-refractivity contribution in [2.24, 2.45) is 0 Å². The van der Waals surface area contributed by atoms with Crippen molar-refractivity contribution in [2.75, 3.05) is 32.1 Å². The Morgan fingerprint density at radius 1 is 0.974 bits per heavy atom. The van der Waals surface area contributed by atoms with Crippen LogP contribution in [0.1, 0.15) is 23.1 Å². The summed E-state index contributed by atoms with van der Waals surface area (Å²) < 4.78 is 11.0. The fraction of sp³-hybridized carbons (Fsp3) is 0.290. The van der Waals surface area contributed by atoms with E-state index in [0.29, 0.717) is 13.0 Å². The van der Waals surface area contributed by atoms with Gasteiger partial charge in [0.15, 0.2) is 0 Å². The highest BCUT2D eigenvalue weighted by molar-refractivity contribution is 5.97. The number of methoxy groups -OCH3 is 1. The Morgan fingerprint density at radius 2 is 1.74 bits per heavy atom. The van der Waals surface area contributed by atoms with E-state index in [1.54, 1.807) is 16.9 Å². The zero-order valence-electron chi connectivity index (χ0n) is 21.2. The molecule has 0 aromatic heterocycles. The van der Waals surface area contributed by atoms with Crippen LogP contribution in [0.15, 0.2) is 78.9 Å². The summed E-state index contributed by atoms with van der Waals surface area (Å²) in [4.78, 5) is 30.5. The van der Waals surface area contributed by atoms with E-state index in [4.69, 9.17) is 9.47 Å². The minimum Gasteiger partial charge on any atom is -0.497 e. The number of hydrogen-bond acceptors (Lipinski definition) is 5. The minimum absolute atomic E-state index is 0.0160. The molecule has 0 spiro atoms. The van der Waals surface area contributed by atoms with Gasteiger partial charge in [0, 0.05) is 5.69 Å². The number of para-hydroxylation sites is 1. The van der Waals surface area contributed by atoms with Crippen molar-refractivity contribution in [3.63, 3.8) is 0 Å². The average Bonchev–Trinajstić information content (AvgIpc) is 3.46. The molecule has 3 aromatic carbocycles. The van der Waals surface area contributed by atoms with Gasteiger partial charge in [0.2, 0.25) is 11.8 Å². The smallest absolute Gasteiger partial charge is 0.246 e. The van der Waals surface area contributed by atoms with Crippen molar-refractivity contribution >= 4 is 17.5 Å². The topological polar surface area (TPSA) is 71.1 Å². The molecule has 3 aromatic rings. The van der Waals surface area contributed by atoms with Crippen LogP contribution in [0.2, 0.25) is 0 Å². The van der Waals surface area contributed by atoms with E-state index in [1.165, 1.54) is 0 Å². The number of benzene rings is 3. The molecule has 0 unspecified atom stereocenters. The standard InChI is InChI=1S/C31H29N3O4/c1-37-24-15-13-23(14-16-24)31-19-27-29(36)33(17-7-8-18-38-21-22-9-3-2-4-10-22)20-28(35)34(27)30(31)32-26-12-6-5-11-25(26)31/h2-6,9-16,27,30,32H,17-21H2,1H3/t27-,30+,31-/m0/s1. The van der Waals surface area contributed by atoms with Crippen LogP contribution in [0.25, 0.3) is 0 Å². The first-order chi connectivity index (χ1) is 18.6. The molecule has 3 aliphatic rings. The summed E-state index contributed by atoms with van der Waals surface area (Å²) >= 11 is 0. The maximum atomic E-state index is 13.7. The van der Waals surface area contributed by atoms with Crippen LogP contribution in [-0.2, 0) is 26.3 Å². The molecule has 0 aliphatic carbocycles. The highest BCUT2D eigenvalue weighted by atomic mass is 16.5. The van der Waals surface area contributed by atoms with E-state index in [1.807, 2.05) is 72.8 Å². The van der Waals surface area contributed by atoms with Gasteiger partial charge < -0.3 is 24.6 Å². The van der Waals surface area contributed by atoms with Gasteiger partial charge in [-0.15, -0.1) is 0 Å². The first-order valence-corrected chi connectivity index (χ1v) is 12.8. The van der Waals surface area contributed by atoms with Crippen LogP contribution in [0.5, 0.6) is 5.75 Å². The van der Waals surface area contributed by atoms with Crippen molar-refractivity contribution in [2.45, 2.75) is 30.7 Å². The number of rotatable bonds is 6. The number of fused-ring (bicyclic) bond motifs is 5. The molecule has 3 heterocycles. The molecule has 6 rings (SSSR count). The van der Waals surface area contributed by atoms with Gasteiger partial charge in [-0.2, -0.15) is 0 Å². The molecule has 0 saturated carbocycles. The van der Waals surface area contributed by atoms with E-state index in [2.05, 4.69) is 23.2 Å². The summed E-state index contributed by atoms with van der Waals surface area (Å²) in [5.41, 5.74) is 3.70. The first-order valence-electron chi connectivity index (χ1n) is 12.8. The molecule has 0 radical (unpaired) electrons. The normalized spacial score (nSPS) is 23.2. The molecule has 7 heteroatoms. The van der Waals surface area contributed by atoms with E-state index >= 15 is 0 Å². The largest absolute Gasteiger partial charge is 0.497 e. The van der Waals surface area contributed by atoms with Gasteiger partial charge in [0.1, 0.15) is 31.1 Å². The molecular formula is C31H29N3O4. The van der Waals surface area contributed by atoms with Crippen LogP contribution in [0.4, 0.5) is 5.69 Å². The number of piperazine rings is 1. The highest BCUT2D eigenvalue weighted by Crippen LogP contribution is 2.55. The lowest BCUT2D eigenvalue weighted by atomic mass is 9.72. The quantitative estimate of drug-likeness (QED) is 0.409. The number of carbonyl (C=O) groups excluding carboxylic acids is 2. The number of hydrogen-bond donors (Lipinski definition) is 1. The molecule has 0 bridgehead atoms. The molecule has 2 saturated heterocycles. The summed E-state index contributed by atoms with van der Waals surface area (Å²) in [7, 11) is 1.64. The minimum atomic E-state index is -0.555. The molecule has 38 heavy (non-hydrogen) atoms. The van der Waals surface area contributed by atoms with E-state index in [9.17, 15) is 9.59 Å². The van der Waals surface area contributed by atoms with Gasteiger partial charge in [0.05, 0.1) is 25.7 Å². The Bertz CT molecular complexity index is 1410. The van der Waals surface area contributed by atoms with Crippen LogP contribution < -0.4 is 10.1 Å². The number of ether oxygens (including phenoxy) is 2. The second kappa shape index (κ2) is 9.88. The second-order valence-corrected chi connectivity index (χ2v) is 9.84. The van der Waals surface area contributed by atoms with Crippen LogP contribution in [-0.4, -0.2) is 60.6 Å². The number of anilines is 1. The summed E-state index contributed by atoms with van der Waals surface area (Å²) in [5, 5.41) is 3.57. The first kappa shape index (κ1) is 24.1. The molecule has 3 aliphatic heterocycles. The Hall–Kier alpha value is -4.28. The van der Waals surface area contributed by atoms with E-state index in [-0.39, 0.29) is 37.7 Å². The molecule has 192 valence electrons. The van der Waals surface area contributed by atoms with Crippen molar-refractivity contribution < 1.29 is 19.1 Å². The van der Waals surface area contributed by atoms with Crippen molar-refractivity contribution in [1.82, 2.24) is 9.80 Å². The fourth-order valence-corrected chi connectivity index (χ4v) is 6.04. The maximum Gasteiger partial charge on any atom is 0.246 e. The summed E-state index contributed by atoms with van der Waals surface area (Å²) in [6, 6.07) is 25.4. The Balaban J connectivity index is 1.21. The lowest BCUT2D eigenvalue weighted by Gasteiger charge is -2.38. The number of nitrogens with zero attached hydrogens (tertiary/aromatic N) is 2. The third kappa shape index (κ3) is 3.98. The van der Waals surface area contributed by atoms with Gasteiger partial charge in [-0.3, -0.25) is 9.59 Å². The van der Waals surface area contributed by atoms with Crippen molar-refractivity contribution in [3.8, 4) is 17.6 Å². The van der Waals surface area contributed by atoms with Crippen LogP contribution >= 0.6 is 0 Å². The molecule has 1 N–H and O–H groups in total. The number of amides is 2. The van der Waals surface area contributed by atoms with Gasteiger partial charge in [-0.1, -0.05) is 72.5 Å². The monoisotopic (exact) mass is 507 g/mol. The summed E-state index contributed by atoms with van der Waals surface area (Å²) in [6.45, 7) is 0.969. The van der Waals surface area contributed by atoms with Crippen molar-refractivity contribution in [1.29, 1.82) is 0 Å². The SMILES string of the molecule is COc1ccc([C@]23C[C@H]4C(=O)N(CC#CCOCc5ccccc5)CC(=O)N4[C@H]2Nc2ccccc23)cc1. The summed E-state index contributed by atoms with van der Waals surface area (Å²) in [6.07, 6.45) is 0.164. The van der Waals surface area contributed by atoms with Gasteiger partial charge >= 0.3 is 0 Å². The third-order valence-electron chi connectivity index (χ3n) is 7.79.